The normalized spacial score (nSPS) is 16.1. The molecule has 0 atom stereocenters. The van der Waals surface area contributed by atoms with E-state index in [1.165, 1.54) is 0 Å². The molecule has 3 aromatic rings. The van der Waals surface area contributed by atoms with Crippen LogP contribution in [-0.4, -0.2) is 32.6 Å². The number of hydrogen-bond donors (Lipinski definition) is 2. The molecule has 2 aliphatic rings. The summed E-state index contributed by atoms with van der Waals surface area (Å²) in [5.74, 6) is 0.104. The Morgan fingerprint density at radius 3 is 2.60 bits per heavy atom. The van der Waals surface area contributed by atoms with Gasteiger partial charge in [-0.25, -0.2) is 9.67 Å². The maximum absolute atomic E-state index is 13.2. The summed E-state index contributed by atoms with van der Waals surface area (Å²) in [5.41, 5.74) is 3.41. The minimum atomic E-state index is -0.215. The fraction of sp³-hybridized carbons (Fsp3) is 0.391. The van der Waals surface area contributed by atoms with Gasteiger partial charge in [-0.1, -0.05) is 6.07 Å². The zero-order valence-electron chi connectivity index (χ0n) is 17.2. The Hall–Kier alpha value is -3.22. The van der Waals surface area contributed by atoms with E-state index in [0.717, 1.165) is 42.4 Å². The first kappa shape index (κ1) is 18.8. The van der Waals surface area contributed by atoms with E-state index in [2.05, 4.69) is 29.6 Å². The molecule has 1 aromatic carbocycles. The Labute approximate surface area is 174 Å². The third kappa shape index (κ3) is 3.67. The second-order valence-electron chi connectivity index (χ2n) is 8.57. The van der Waals surface area contributed by atoms with Crippen LogP contribution in [-0.2, 0) is 0 Å². The summed E-state index contributed by atoms with van der Waals surface area (Å²) >= 11 is 0. The molecule has 2 aliphatic carbocycles. The summed E-state index contributed by atoms with van der Waals surface area (Å²) in [4.78, 5) is 30.3. The van der Waals surface area contributed by atoms with Gasteiger partial charge in [0.25, 0.3) is 11.8 Å². The van der Waals surface area contributed by atoms with Crippen molar-refractivity contribution in [2.24, 2.45) is 0 Å². The maximum atomic E-state index is 13.2. The molecule has 5 rings (SSSR count). The summed E-state index contributed by atoms with van der Waals surface area (Å²) in [6.45, 7) is 4.10. The van der Waals surface area contributed by atoms with Crippen LogP contribution in [0.2, 0.25) is 0 Å². The van der Waals surface area contributed by atoms with Gasteiger partial charge in [0.1, 0.15) is 0 Å². The number of benzene rings is 1. The number of rotatable bonds is 6. The van der Waals surface area contributed by atoms with Crippen molar-refractivity contribution in [3.63, 3.8) is 0 Å². The van der Waals surface area contributed by atoms with Gasteiger partial charge in [0.2, 0.25) is 0 Å². The number of hydrogen-bond acceptors (Lipinski definition) is 4. The van der Waals surface area contributed by atoms with Crippen LogP contribution in [0.4, 0.5) is 5.69 Å². The number of amides is 2. The second kappa shape index (κ2) is 7.23. The average molecular weight is 403 g/mol. The molecule has 0 spiro atoms. The highest BCUT2D eigenvalue weighted by molar-refractivity contribution is 6.12. The third-order valence-corrected chi connectivity index (χ3v) is 5.61. The Balaban J connectivity index is 1.45. The first-order valence-corrected chi connectivity index (χ1v) is 10.6. The molecule has 154 valence electrons. The Morgan fingerprint density at radius 1 is 1.10 bits per heavy atom. The first-order chi connectivity index (χ1) is 14.5. The molecule has 0 bridgehead atoms. The lowest BCUT2D eigenvalue weighted by atomic mass is 10.1. The molecular formula is C23H25N5O2. The van der Waals surface area contributed by atoms with Crippen LogP contribution in [0.1, 0.15) is 77.9 Å². The van der Waals surface area contributed by atoms with Crippen molar-refractivity contribution in [3.8, 4) is 0 Å². The van der Waals surface area contributed by atoms with Crippen LogP contribution in [0.25, 0.3) is 11.0 Å². The number of pyridine rings is 1. The molecule has 0 unspecified atom stereocenters. The lowest BCUT2D eigenvalue weighted by Gasteiger charge is -2.11. The molecule has 2 amide bonds. The van der Waals surface area contributed by atoms with E-state index in [4.69, 9.17) is 4.98 Å². The second-order valence-corrected chi connectivity index (χ2v) is 8.57. The highest BCUT2D eigenvalue weighted by Gasteiger charge is 2.28. The molecule has 0 aliphatic heterocycles. The fourth-order valence-electron chi connectivity index (χ4n) is 3.62. The van der Waals surface area contributed by atoms with E-state index < -0.39 is 0 Å². The molecule has 2 heterocycles. The van der Waals surface area contributed by atoms with Gasteiger partial charge in [0.15, 0.2) is 5.65 Å². The van der Waals surface area contributed by atoms with Crippen molar-refractivity contribution in [2.45, 2.75) is 57.5 Å². The Kier molecular flexibility index (Phi) is 4.53. The maximum Gasteiger partial charge on any atom is 0.256 e. The van der Waals surface area contributed by atoms with Gasteiger partial charge in [0.05, 0.1) is 17.1 Å². The van der Waals surface area contributed by atoms with Gasteiger partial charge < -0.3 is 10.6 Å². The average Bonchev–Trinajstić information content (AvgIpc) is 3.65. The zero-order chi connectivity index (χ0) is 20.8. The van der Waals surface area contributed by atoms with Gasteiger partial charge in [-0.2, -0.15) is 5.10 Å². The van der Waals surface area contributed by atoms with Crippen LogP contribution in [0.5, 0.6) is 0 Å². The predicted molar refractivity (Wildman–Crippen MR) is 115 cm³/mol. The van der Waals surface area contributed by atoms with Gasteiger partial charge in [-0.15, -0.1) is 0 Å². The van der Waals surface area contributed by atoms with Crippen molar-refractivity contribution in [1.82, 2.24) is 20.1 Å². The number of fused-ring (bicyclic) bond motifs is 1. The summed E-state index contributed by atoms with van der Waals surface area (Å²) < 4.78 is 1.86. The van der Waals surface area contributed by atoms with Gasteiger partial charge in [0, 0.05) is 34.9 Å². The SMILES string of the molecule is CC(C)n1ncc2c(C(=O)Nc3cccc(C(=O)NC4CC4)c3)cc(C3CC3)nc21. The molecule has 30 heavy (non-hydrogen) atoms. The standard InChI is InChI=1S/C23H25N5O2/c1-13(2)28-21-19(12-24-28)18(11-20(27-21)14-6-7-14)23(30)26-17-5-3-4-15(10-17)22(29)25-16-8-9-16/h3-5,10-14,16H,6-9H2,1-2H3,(H,25,29)(H,26,30). The quantitative estimate of drug-likeness (QED) is 0.650. The molecule has 2 N–H and O–H groups in total. The fourth-order valence-corrected chi connectivity index (χ4v) is 3.62. The van der Waals surface area contributed by atoms with E-state index in [1.807, 2.05) is 10.7 Å². The zero-order valence-corrected chi connectivity index (χ0v) is 17.2. The Morgan fingerprint density at radius 2 is 1.90 bits per heavy atom. The molecule has 2 fully saturated rings. The van der Waals surface area contributed by atoms with Crippen molar-refractivity contribution in [3.05, 3.63) is 53.3 Å². The van der Waals surface area contributed by atoms with Crippen LogP contribution in [0.3, 0.4) is 0 Å². The molecular weight excluding hydrogens is 378 g/mol. The van der Waals surface area contributed by atoms with E-state index in [1.54, 1.807) is 30.5 Å². The summed E-state index contributed by atoms with van der Waals surface area (Å²) in [5, 5.41) is 11.1. The minimum absolute atomic E-state index is 0.103. The van der Waals surface area contributed by atoms with Gasteiger partial charge in [-0.3, -0.25) is 9.59 Å². The summed E-state index contributed by atoms with van der Waals surface area (Å²) in [6, 6.07) is 9.39. The summed E-state index contributed by atoms with van der Waals surface area (Å²) in [6.07, 6.45) is 6.00. The Bertz CT molecular complexity index is 1140. The molecule has 2 aromatic heterocycles. The highest BCUT2D eigenvalue weighted by atomic mass is 16.2. The third-order valence-electron chi connectivity index (χ3n) is 5.61. The number of aromatic nitrogens is 3. The van der Waals surface area contributed by atoms with Crippen LogP contribution in [0.15, 0.2) is 36.5 Å². The lowest BCUT2D eigenvalue weighted by molar-refractivity contribution is 0.0949. The van der Waals surface area contributed by atoms with Crippen LogP contribution >= 0.6 is 0 Å². The molecule has 7 nitrogen and oxygen atoms in total. The van der Waals surface area contributed by atoms with E-state index in [0.29, 0.717) is 28.8 Å². The van der Waals surface area contributed by atoms with E-state index in [9.17, 15) is 9.59 Å². The molecule has 0 radical (unpaired) electrons. The topological polar surface area (TPSA) is 88.9 Å². The number of anilines is 1. The van der Waals surface area contributed by atoms with Crippen LogP contribution < -0.4 is 10.6 Å². The number of nitrogens with zero attached hydrogens (tertiary/aromatic N) is 3. The predicted octanol–water partition coefficient (Wildman–Crippen LogP) is 4.03. The van der Waals surface area contributed by atoms with Crippen molar-refractivity contribution < 1.29 is 9.59 Å². The number of carbonyl (C=O) groups is 2. The van der Waals surface area contributed by atoms with E-state index in [-0.39, 0.29) is 17.9 Å². The molecule has 0 saturated heterocycles. The van der Waals surface area contributed by atoms with Crippen LogP contribution in [0, 0.1) is 0 Å². The van der Waals surface area contributed by atoms with Gasteiger partial charge >= 0.3 is 0 Å². The number of nitrogens with one attached hydrogen (secondary N) is 2. The number of carbonyl (C=O) groups excluding carboxylic acids is 2. The molecule has 2 saturated carbocycles. The smallest absolute Gasteiger partial charge is 0.256 e. The summed E-state index contributed by atoms with van der Waals surface area (Å²) in [7, 11) is 0. The van der Waals surface area contributed by atoms with E-state index >= 15 is 0 Å². The highest BCUT2D eigenvalue weighted by Crippen LogP contribution is 2.40. The van der Waals surface area contributed by atoms with Crippen molar-refractivity contribution in [1.29, 1.82) is 0 Å². The monoisotopic (exact) mass is 403 g/mol. The van der Waals surface area contributed by atoms with Crippen molar-refractivity contribution in [2.75, 3.05) is 5.32 Å². The minimum Gasteiger partial charge on any atom is -0.349 e. The molecule has 7 heteroatoms. The lowest BCUT2D eigenvalue weighted by Crippen LogP contribution is -2.25. The van der Waals surface area contributed by atoms with Crippen molar-refractivity contribution >= 4 is 28.5 Å². The first-order valence-electron chi connectivity index (χ1n) is 10.6. The van der Waals surface area contributed by atoms with Gasteiger partial charge in [-0.05, 0) is 63.8 Å². The largest absolute Gasteiger partial charge is 0.349 e.